The molecule has 126 valence electrons. The molecule has 2 N–H and O–H groups in total. The van der Waals surface area contributed by atoms with Crippen LogP contribution in [0.2, 0.25) is 0 Å². The van der Waals surface area contributed by atoms with Gasteiger partial charge in [0.05, 0.1) is 25.2 Å². The number of methoxy groups -OCH3 is 1. The maximum absolute atomic E-state index is 12.5. The summed E-state index contributed by atoms with van der Waals surface area (Å²) >= 11 is 0. The van der Waals surface area contributed by atoms with Crippen LogP contribution in [0.3, 0.4) is 0 Å². The van der Waals surface area contributed by atoms with E-state index in [9.17, 15) is 9.90 Å². The topological polar surface area (TPSA) is 70.0 Å². The molecule has 1 heterocycles. The SMILES string of the molecule is CO[C@H]1C[C@@H](O)C12CCN(C(=O)Cc1ccc(CO)cc1)CC2. The second-order valence-corrected chi connectivity index (χ2v) is 6.74. The van der Waals surface area contributed by atoms with E-state index in [1.165, 1.54) is 0 Å². The van der Waals surface area contributed by atoms with Gasteiger partial charge in [0.2, 0.25) is 5.91 Å². The number of hydrogen-bond donors (Lipinski definition) is 2. The smallest absolute Gasteiger partial charge is 0.226 e. The molecule has 1 aliphatic carbocycles. The molecule has 1 aromatic carbocycles. The Kier molecular flexibility index (Phi) is 4.71. The zero-order valence-electron chi connectivity index (χ0n) is 13.6. The highest BCUT2D eigenvalue weighted by molar-refractivity contribution is 5.78. The van der Waals surface area contributed by atoms with Crippen LogP contribution in [0, 0.1) is 5.41 Å². The molecule has 5 heteroatoms. The lowest BCUT2D eigenvalue weighted by molar-refractivity contribution is -0.202. The predicted molar refractivity (Wildman–Crippen MR) is 85.7 cm³/mol. The molecule has 1 aliphatic heterocycles. The molecule has 5 nitrogen and oxygen atoms in total. The van der Waals surface area contributed by atoms with E-state index < -0.39 is 0 Å². The van der Waals surface area contributed by atoms with Gasteiger partial charge >= 0.3 is 0 Å². The maximum atomic E-state index is 12.5. The Morgan fingerprint density at radius 1 is 1.26 bits per heavy atom. The van der Waals surface area contributed by atoms with Gasteiger partial charge in [0, 0.05) is 32.0 Å². The van der Waals surface area contributed by atoms with Crippen LogP contribution in [0.4, 0.5) is 0 Å². The molecule has 1 aromatic rings. The van der Waals surface area contributed by atoms with Crippen molar-refractivity contribution < 1.29 is 19.7 Å². The van der Waals surface area contributed by atoms with Crippen LogP contribution in [0.1, 0.15) is 30.4 Å². The van der Waals surface area contributed by atoms with Crippen LogP contribution in [-0.4, -0.2) is 53.4 Å². The number of rotatable bonds is 4. The van der Waals surface area contributed by atoms with Gasteiger partial charge in [-0.25, -0.2) is 0 Å². The molecule has 3 rings (SSSR count). The molecule has 23 heavy (non-hydrogen) atoms. The number of aliphatic hydroxyl groups excluding tert-OH is 2. The fourth-order valence-electron chi connectivity index (χ4n) is 3.93. The Balaban J connectivity index is 1.55. The fraction of sp³-hybridized carbons (Fsp3) is 0.611. The van der Waals surface area contributed by atoms with Crippen molar-refractivity contribution in [2.45, 2.75) is 44.5 Å². The largest absolute Gasteiger partial charge is 0.392 e. The van der Waals surface area contributed by atoms with Crippen molar-refractivity contribution in [1.29, 1.82) is 0 Å². The molecular formula is C18H25NO4. The Morgan fingerprint density at radius 2 is 1.87 bits per heavy atom. The number of aliphatic hydroxyl groups is 2. The number of hydrogen-bond acceptors (Lipinski definition) is 4. The summed E-state index contributed by atoms with van der Waals surface area (Å²) in [5.41, 5.74) is 1.67. The van der Waals surface area contributed by atoms with E-state index in [2.05, 4.69) is 0 Å². The second-order valence-electron chi connectivity index (χ2n) is 6.74. The number of amides is 1. The summed E-state index contributed by atoms with van der Waals surface area (Å²) in [6, 6.07) is 7.49. The minimum absolute atomic E-state index is 0.0193. The summed E-state index contributed by atoms with van der Waals surface area (Å²) in [6.45, 7) is 1.39. The third-order valence-electron chi connectivity index (χ3n) is 5.63. The summed E-state index contributed by atoms with van der Waals surface area (Å²) in [7, 11) is 1.70. The summed E-state index contributed by atoms with van der Waals surface area (Å²) in [4.78, 5) is 14.3. The van der Waals surface area contributed by atoms with E-state index in [1.807, 2.05) is 29.2 Å². The second kappa shape index (κ2) is 6.59. The van der Waals surface area contributed by atoms with Gasteiger partial charge in [0.25, 0.3) is 0 Å². The highest BCUT2D eigenvalue weighted by Crippen LogP contribution is 2.50. The normalized spacial score (nSPS) is 26.1. The predicted octanol–water partition coefficient (Wildman–Crippen LogP) is 1.11. The van der Waals surface area contributed by atoms with Crippen LogP contribution < -0.4 is 0 Å². The third-order valence-corrected chi connectivity index (χ3v) is 5.63. The number of carbonyl (C=O) groups is 1. The van der Waals surface area contributed by atoms with E-state index in [4.69, 9.17) is 9.84 Å². The molecular weight excluding hydrogens is 294 g/mol. The zero-order valence-corrected chi connectivity index (χ0v) is 13.6. The molecule has 0 bridgehead atoms. The molecule has 1 saturated carbocycles. The Bertz CT molecular complexity index is 549. The lowest BCUT2D eigenvalue weighted by Gasteiger charge is -2.56. The van der Waals surface area contributed by atoms with Crippen LogP contribution in [0.25, 0.3) is 0 Å². The molecule has 1 saturated heterocycles. The van der Waals surface area contributed by atoms with E-state index in [0.29, 0.717) is 25.9 Å². The number of benzene rings is 1. The number of ether oxygens (including phenoxy) is 1. The van der Waals surface area contributed by atoms with Crippen LogP contribution in [-0.2, 0) is 22.6 Å². The quantitative estimate of drug-likeness (QED) is 0.872. The first-order chi connectivity index (χ1) is 11.1. The molecule has 1 spiro atoms. The fourth-order valence-corrected chi connectivity index (χ4v) is 3.93. The lowest BCUT2D eigenvalue weighted by Crippen LogP contribution is -2.62. The first-order valence-corrected chi connectivity index (χ1v) is 8.26. The number of carbonyl (C=O) groups excluding carboxylic acids is 1. The van der Waals surface area contributed by atoms with Gasteiger partial charge in [-0.2, -0.15) is 0 Å². The maximum Gasteiger partial charge on any atom is 0.226 e. The lowest BCUT2D eigenvalue weighted by atomic mass is 9.58. The molecule has 1 amide bonds. The van der Waals surface area contributed by atoms with E-state index in [1.54, 1.807) is 7.11 Å². The zero-order chi connectivity index (χ0) is 16.4. The van der Waals surface area contributed by atoms with Crippen molar-refractivity contribution in [3.8, 4) is 0 Å². The molecule has 0 radical (unpaired) electrons. The van der Waals surface area contributed by atoms with Crippen molar-refractivity contribution in [2.24, 2.45) is 5.41 Å². The molecule has 0 aromatic heterocycles. The summed E-state index contributed by atoms with van der Waals surface area (Å²) in [5, 5.41) is 19.2. The van der Waals surface area contributed by atoms with Gasteiger partial charge < -0.3 is 19.8 Å². The highest BCUT2D eigenvalue weighted by Gasteiger charge is 2.56. The standard InChI is InChI=1S/C18H25NO4/c1-23-16-11-15(21)18(16)6-8-19(9-7-18)17(22)10-13-2-4-14(12-20)5-3-13/h2-5,15-16,20-21H,6-12H2,1H3/t15-,16+/m1/s1. The Labute approximate surface area is 136 Å². The van der Waals surface area contributed by atoms with Crippen LogP contribution in [0.5, 0.6) is 0 Å². The van der Waals surface area contributed by atoms with Gasteiger partial charge in [0.15, 0.2) is 0 Å². The molecule has 0 unspecified atom stereocenters. The summed E-state index contributed by atoms with van der Waals surface area (Å²) in [6.07, 6.45) is 2.54. The van der Waals surface area contributed by atoms with E-state index in [-0.39, 0.29) is 30.1 Å². The van der Waals surface area contributed by atoms with Gasteiger partial charge in [-0.05, 0) is 24.0 Å². The van der Waals surface area contributed by atoms with E-state index >= 15 is 0 Å². The first kappa shape index (κ1) is 16.4. The van der Waals surface area contributed by atoms with Crippen molar-refractivity contribution in [2.75, 3.05) is 20.2 Å². The van der Waals surface area contributed by atoms with Gasteiger partial charge in [-0.1, -0.05) is 24.3 Å². The number of piperidine rings is 1. The number of likely N-dealkylation sites (tertiary alicyclic amines) is 1. The highest BCUT2D eigenvalue weighted by atomic mass is 16.5. The van der Waals surface area contributed by atoms with Crippen molar-refractivity contribution in [3.63, 3.8) is 0 Å². The first-order valence-electron chi connectivity index (χ1n) is 8.26. The summed E-state index contributed by atoms with van der Waals surface area (Å²) < 4.78 is 5.48. The van der Waals surface area contributed by atoms with Crippen LogP contribution in [0.15, 0.2) is 24.3 Å². The Hall–Kier alpha value is -1.43. The summed E-state index contributed by atoms with van der Waals surface area (Å²) in [5.74, 6) is 0.124. The third kappa shape index (κ3) is 3.01. The van der Waals surface area contributed by atoms with Gasteiger partial charge in [0.1, 0.15) is 0 Å². The van der Waals surface area contributed by atoms with Crippen molar-refractivity contribution in [1.82, 2.24) is 4.90 Å². The number of nitrogens with zero attached hydrogens (tertiary/aromatic N) is 1. The molecule has 2 fully saturated rings. The van der Waals surface area contributed by atoms with E-state index in [0.717, 1.165) is 24.0 Å². The van der Waals surface area contributed by atoms with Gasteiger partial charge in [-0.3, -0.25) is 4.79 Å². The molecule has 2 atom stereocenters. The van der Waals surface area contributed by atoms with Crippen molar-refractivity contribution >= 4 is 5.91 Å². The minimum Gasteiger partial charge on any atom is -0.392 e. The van der Waals surface area contributed by atoms with Crippen molar-refractivity contribution in [3.05, 3.63) is 35.4 Å². The average molecular weight is 319 g/mol. The van der Waals surface area contributed by atoms with Gasteiger partial charge in [-0.15, -0.1) is 0 Å². The minimum atomic E-state index is -0.296. The average Bonchev–Trinajstić information content (AvgIpc) is 2.60. The van der Waals surface area contributed by atoms with Crippen LogP contribution >= 0.6 is 0 Å². The molecule has 2 aliphatic rings. The Morgan fingerprint density at radius 3 is 2.39 bits per heavy atom. The monoisotopic (exact) mass is 319 g/mol.